The van der Waals surface area contributed by atoms with Crippen molar-refractivity contribution in [3.05, 3.63) is 48.6 Å². The normalized spacial score (nSPS) is 13.6. The molecule has 10 heteroatoms. The zero-order valence-electron chi connectivity index (χ0n) is 32.8. The molecule has 0 saturated carbocycles. The summed E-state index contributed by atoms with van der Waals surface area (Å²) in [6.07, 6.45) is 41.4. The van der Waals surface area contributed by atoms with Gasteiger partial charge in [0, 0.05) is 12.8 Å². The fraction of sp³-hybridized carbons (Fsp3) is 0.762. The van der Waals surface area contributed by atoms with Gasteiger partial charge in [0.05, 0.1) is 12.7 Å². The van der Waals surface area contributed by atoms with Crippen molar-refractivity contribution in [3.8, 4) is 0 Å². The Morgan fingerprint density at radius 2 is 1.12 bits per heavy atom. The maximum atomic E-state index is 12.4. The van der Waals surface area contributed by atoms with Crippen molar-refractivity contribution >= 4 is 19.8 Å². The molecule has 0 saturated heterocycles. The smallest absolute Gasteiger partial charge is 0.462 e. The van der Waals surface area contributed by atoms with Crippen LogP contribution in [0.25, 0.3) is 0 Å². The quantitative estimate of drug-likeness (QED) is 0.0186. The summed E-state index contributed by atoms with van der Waals surface area (Å²) < 4.78 is 26.3. The van der Waals surface area contributed by atoms with Crippen molar-refractivity contribution in [2.24, 2.45) is 0 Å². The van der Waals surface area contributed by atoms with Gasteiger partial charge in [-0.25, -0.2) is 4.57 Å². The van der Waals surface area contributed by atoms with Gasteiger partial charge >= 0.3 is 19.8 Å². The maximum Gasteiger partial charge on any atom is 0.469 e. The van der Waals surface area contributed by atoms with E-state index in [-0.39, 0.29) is 19.4 Å². The Labute approximate surface area is 317 Å². The minimum absolute atomic E-state index is 0.0775. The van der Waals surface area contributed by atoms with Crippen molar-refractivity contribution in [2.45, 2.75) is 193 Å². The van der Waals surface area contributed by atoms with E-state index in [4.69, 9.17) is 19.3 Å². The molecule has 2 atom stereocenters. The number of carbonyl (C=O) groups is 2. The molecule has 0 spiro atoms. The van der Waals surface area contributed by atoms with Gasteiger partial charge in [0.2, 0.25) is 0 Å². The van der Waals surface area contributed by atoms with Crippen molar-refractivity contribution in [3.63, 3.8) is 0 Å². The molecule has 0 aromatic heterocycles. The number of phosphoric ester groups is 1. The second-order valence-electron chi connectivity index (χ2n) is 13.8. The Balaban J connectivity index is 4.10. The van der Waals surface area contributed by atoms with Crippen LogP contribution < -0.4 is 0 Å². The fourth-order valence-corrected chi connectivity index (χ4v) is 5.92. The van der Waals surface area contributed by atoms with Gasteiger partial charge < -0.3 is 24.4 Å². The summed E-state index contributed by atoms with van der Waals surface area (Å²) in [4.78, 5) is 42.8. The zero-order valence-corrected chi connectivity index (χ0v) is 33.7. The molecule has 0 bridgehead atoms. The molecule has 0 aliphatic heterocycles. The third kappa shape index (κ3) is 39.2. The lowest BCUT2D eigenvalue weighted by Gasteiger charge is -2.18. The monoisotopic (exact) mass is 755 g/mol. The summed E-state index contributed by atoms with van der Waals surface area (Å²) in [5, 5.41) is 10.1. The summed E-state index contributed by atoms with van der Waals surface area (Å²) in [6, 6.07) is 0. The minimum atomic E-state index is -4.79. The van der Waals surface area contributed by atoms with E-state index in [9.17, 15) is 19.3 Å². The Morgan fingerprint density at radius 3 is 1.71 bits per heavy atom. The van der Waals surface area contributed by atoms with Crippen LogP contribution in [0.1, 0.15) is 181 Å². The molecule has 0 fully saturated rings. The molecule has 9 nitrogen and oxygen atoms in total. The van der Waals surface area contributed by atoms with Gasteiger partial charge in [0.15, 0.2) is 6.10 Å². The van der Waals surface area contributed by atoms with E-state index in [1.807, 2.05) is 18.2 Å². The first-order valence-corrected chi connectivity index (χ1v) is 22.1. The molecule has 52 heavy (non-hydrogen) atoms. The maximum absolute atomic E-state index is 12.4. The van der Waals surface area contributed by atoms with E-state index < -0.39 is 38.6 Å². The molecule has 0 rings (SSSR count). The predicted octanol–water partition coefficient (Wildman–Crippen LogP) is 11.3. The van der Waals surface area contributed by atoms with Crippen LogP contribution in [-0.2, 0) is 28.2 Å². The highest BCUT2D eigenvalue weighted by atomic mass is 31.2. The van der Waals surface area contributed by atoms with E-state index in [0.29, 0.717) is 25.7 Å². The number of allylic oxidation sites excluding steroid dienone is 6. The van der Waals surface area contributed by atoms with Gasteiger partial charge in [-0.15, -0.1) is 0 Å². The third-order valence-electron chi connectivity index (χ3n) is 8.68. The second-order valence-corrected chi connectivity index (χ2v) is 15.1. The van der Waals surface area contributed by atoms with Gasteiger partial charge in [-0.1, -0.05) is 172 Å². The van der Waals surface area contributed by atoms with Crippen molar-refractivity contribution < 1.29 is 43.0 Å². The minimum Gasteiger partial charge on any atom is -0.462 e. The number of hydrogen-bond donors (Lipinski definition) is 3. The number of hydrogen-bond acceptors (Lipinski definition) is 7. The number of aliphatic hydroxyl groups is 1. The molecule has 0 aliphatic carbocycles. The number of ether oxygens (including phenoxy) is 2. The number of carbonyl (C=O) groups excluding carboxylic acids is 2. The molecule has 3 N–H and O–H groups in total. The standard InChI is InChI=1S/C42H75O9P/c1-3-5-7-9-11-13-14-15-16-17-18-19-21-23-27-31-35-41(44)49-37-40(38-50-52(46,47)48)51-42(45)36-32-28-24-26-30-34-39(43)33-29-25-22-20-12-10-8-6-4-2/h12,20,24-26,29-30,34,39-40,43H,3-11,13-19,21-23,27-28,31-33,35-38H2,1-2H3,(H2,46,47,48)/b20-12-,26-24+,29-25-,34-30-/t39?,40-/m1/s1. The Bertz CT molecular complexity index is 1000. The first kappa shape index (κ1) is 50.0. The van der Waals surface area contributed by atoms with E-state index in [1.165, 1.54) is 96.3 Å². The van der Waals surface area contributed by atoms with Gasteiger partial charge in [-0.05, 0) is 44.9 Å². The molecule has 0 aliphatic rings. The summed E-state index contributed by atoms with van der Waals surface area (Å²) in [7, 11) is -4.79. The first-order chi connectivity index (χ1) is 25.2. The van der Waals surface area contributed by atoms with Crippen LogP contribution in [0.4, 0.5) is 0 Å². The van der Waals surface area contributed by atoms with Crippen LogP contribution in [0, 0.1) is 0 Å². The highest BCUT2D eigenvalue weighted by molar-refractivity contribution is 7.46. The molecule has 0 aromatic carbocycles. The Hall–Kier alpha value is -2.03. The topological polar surface area (TPSA) is 140 Å². The summed E-state index contributed by atoms with van der Waals surface area (Å²) in [6.45, 7) is 3.54. The largest absolute Gasteiger partial charge is 0.469 e. The lowest BCUT2D eigenvalue weighted by Crippen LogP contribution is -2.29. The Morgan fingerprint density at radius 1 is 0.596 bits per heavy atom. The molecular formula is C42H75O9P. The zero-order chi connectivity index (χ0) is 38.4. The van der Waals surface area contributed by atoms with E-state index in [1.54, 1.807) is 12.2 Å². The van der Waals surface area contributed by atoms with Gasteiger partial charge in [-0.2, -0.15) is 0 Å². The fourth-order valence-electron chi connectivity index (χ4n) is 5.56. The van der Waals surface area contributed by atoms with E-state index >= 15 is 0 Å². The van der Waals surface area contributed by atoms with Crippen molar-refractivity contribution in [1.82, 2.24) is 0 Å². The highest BCUT2D eigenvalue weighted by Gasteiger charge is 2.22. The third-order valence-corrected chi connectivity index (χ3v) is 9.17. The van der Waals surface area contributed by atoms with Crippen LogP contribution in [-0.4, -0.2) is 52.3 Å². The molecule has 302 valence electrons. The second kappa shape index (κ2) is 37.3. The summed E-state index contributed by atoms with van der Waals surface area (Å²) in [5.41, 5.74) is 0. The number of esters is 2. The van der Waals surface area contributed by atoms with Crippen LogP contribution in [0.2, 0.25) is 0 Å². The number of aliphatic hydroxyl groups excluding tert-OH is 1. The van der Waals surface area contributed by atoms with Gasteiger partial charge in [-0.3, -0.25) is 14.1 Å². The SMILES string of the molecule is CCCCC/C=C\C/C=C\CC(O)/C=C\C=C\CCCC(=O)O[C@H](COC(=O)CCCCCCCCCCCCCCCCCC)COP(=O)(O)O. The van der Waals surface area contributed by atoms with Gasteiger partial charge in [0.1, 0.15) is 6.61 Å². The molecule has 0 amide bonds. The predicted molar refractivity (Wildman–Crippen MR) is 213 cm³/mol. The van der Waals surface area contributed by atoms with Crippen molar-refractivity contribution in [2.75, 3.05) is 13.2 Å². The lowest BCUT2D eigenvalue weighted by molar-refractivity contribution is -0.161. The summed E-state index contributed by atoms with van der Waals surface area (Å²) in [5.74, 6) is -1.01. The molecule has 0 heterocycles. The first-order valence-electron chi connectivity index (χ1n) is 20.5. The highest BCUT2D eigenvalue weighted by Crippen LogP contribution is 2.36. The van der Waals surface area contributed by atoms with E-state index in [0.717, 1.165) is 32.1 Å². The van der Waals surface area contributed by atoms with Crippen molar-refractivity contribution in [1.29, 1.82) is 0 Å². The number of rotatable bonds is 37. The molecule has 0 radical (unpaired) electrons. The Kier molecular flexibility index (Phi) is 35.8. The van der Waals surface area contributed by atoms with Crippen LogP contribution in [0.5, 0.6) is 0 Å². The molecule has 1 unspecified atom stereocenters. The number of unbranched alkanes of at least 4 members (excludes halogenated alkanes) is 19. The average Bonchev–Trinajstić information content (AvgIpc) is 3.11. The van der Waals surface area contributed by atoms with Crippen LogP contribution in [0.15, 0.2) is 48.6 Å². The number of phosphoric acid groups is 1. The van der Waals surface area contributed by atoms with Crippen LogP contribution >= 0.6 is 7.82 Å². The molecule has 0 aromatic rings. The van der Waals surface area contributed by atoms with E-state index in [2.05, 4.69) is 36.6 Å². The van der Waals surface area contributed by atoms with Gasteiger partial charge in [0.25, 0.3) is 0 Å². The van der Waals surface area contributed by atoms with Crippen LogP contribution in [0.3, 0.4) is 0 Å². The average molecular weight is 755 g/mol. The summed E-state index contributed by atoms with van der Waals surface area (Å²) >= 11 is 0. The lowest BCUT2D eigenvalue weighted by atomic mass is 10.0. The molecular weight excluding hydrogens is 679 g/mol.